The minimum absolute atomic E-state index is 0.158. The Kier molecular flexibility index (Phi) is 11.3. The quantitative estimate of drug-likeness (QED) is 0.337. The number of likely N-dealkylation sites (tertiary alicyclic amines) is 1. The first-order valence-electron chi connectivity index (χ1n) is 13.5. The van der Waals surface area contributed by atoms with Gasteiger partial charge in [0.15, 0.2) is 0 Å². The third-order valence-electron chi connectivity index (χ3n) is 7.09. The Hall–Kier alpha value is -2.54. The molecule has 1 N–H and O–H groups in total. The van der Waals surface area contributed by atoms with Crippen LogP contribution < -0.4 is 0 Å². The number of carbonyl (C=O) groups excluding carboxylic acids is 1. The van der Waals surface area contributed by atoms with E-state index < -0.39 is 6.10 Å². The second-order valence-corrected chi connectivity index (χ2v) is 10.0. The zero-order valence-electron chi connectivity index (χ0n) is 22.7. The SMILES string of the molecule is CCOC(=O)CCC=Cc1c(C)cccc1[C@@H](C)OC[C@H](O)CN1CCC[C@H]1Cc1ccc(C)c(F)c1. The third kappa shape index (κ3) is 8.77. The van der Waals surface area contributed by atoms with Crippen LogP contribution in [0, 0.1) is 19.7 Å². The smallest absolute Gasteiger partial charge is 0.306 e. The van der Waals surface area contributed by atoms with Crippen LogP contribution >= 0.6 is 0 Å². The highest BCUT2D eigenvalue weighted by atomic mass is 19.1. The summed E-state index contributed by atoms with van der Waals surface area (Å²) in [7, 11) is 0. The molecule has 0 bridgehead atoms. The molecule has 1 aliphatic heterocycles. The van der Waals surface area contributed by atoms with E-state index in [1.165, 1.54) is 0 Å². The second-order valence-electron chi connectivity index (χ2n) is 10.0. The topological polar surface area (TPSA) is 59.0 Å². The zero-order valence-corrected chi connectivity index (χ0v) is 22.7. The van der Waals surface area contributed by atoms with Gasteiger partial charge >= 0.3 is 5.97 Å². The number of nitrogens with zero attached hydrogens (tertiary/aromatic N) is 1. The van der Waals surface area contributed by atoms with Gasteiger partial charge in [0.1, 0.15) is 5.82 Å². The third-order valence-corrected chi connectivity index (χ3v) is 7.09. The fraction of sp³-hybridized carbons (Fsp3) is 0.516. The first-order chi connectivity index (χ1) is 17.8. The molecule has 6 heteroatoms. The summed E-state index contributed by atoms with van der Waals surface area (Å²) in [4.78, 5) is 13.9. The number of ether oxygens (including phenoxy) is 2. The van der Waals surface area contributed by atoms with Gasteiger partial charge in [-0.2, -0.15) is 0 Å². The second kappa shape index (κ2) is 14.4. The summed E-state index contributed by atoms with van der Waals surface area (Å²) in [6.45, 7) is 9.76. The van der Waals surface area contributed by atoms with Gasteiger partial charge in [-0.1, -0.05) is 42.5 Å². The Morgan fingerprint density at radius 2 is 2.05 bits per heavy atom. The number of β-amino-alcohol motifs (C(OH)–C–C–N with tert-alkyl or cyclic N) is 1. The van der Waals surface area contributed by atoms with E-state index in [4.69, 9.17) is 9.47 Å². The molecule has 0 unspecified atom stereocenters. The molecule has 3 atom stereocenters. The fourth-order valence-corrected chi connectivity index (χ4v) is 4.99. The summed E-state index contributed by atoms with van der Waals surface area (Å²) in [5.41, 5.74) is 4.94. The molecule has 0 amide bonds. The molecular weight excluding hydrogens is 469 g/mol. The molecule has 1 heterocycles. The van der Waals surface area contributed by atoms with Crippen molar-refractivity contribution >= 4 is 12.0 Å². The maximum absolute atomic E-state index is 14.0. The molecular formula is C31H42FNO4. The molecule has 202 valence electrons. The average molecular weight is 512 g/mol. The van der Waals surface area contributed by atoms with Crippen molar-refractivity contribution in [1.82, 2.24) is 4.90 Å². The van der Waals surface area contributed by atoms with Gasteiger partial charge in [0.2, 0.25) is 0 Å². The number of esters is 1. The summed E-state index contributed by atoms with van der Waals surface area (Å²) in [6, 6.07) is 11.9. The van der Waals surface area contributed by atoms with Crippen LogP contribution in [0.3, 0.4) is 0 Å². The van der Waals surface area contributed by atoms with Crippen molar-refractivity contribution in [2.45, 2.75) is 78.0 Å². The van der Waals surface area contributed by atoms with Gasteiger partial charge in [0.25, 0.3) is 0 Å². The standard InChI is InChI=1S/C31H42FNO4/c1-5-36-31(35)14-7-6-12-28-22(2)10-8-13-29(28)24(4)37-21-27(34)20-33-17-9-11-26(33)18-25-16-15-23(3)30(32)19-25/h6,8,10,12-13,15-16,19,24,26-27,34H,5,7,9,11,14,17-18,20-21H2,1-4H3/t24-,26+,27-/m1/s1. The van der Waals surface area contributed by atoms with Crippen LogP contribution in [0.2, 0.25) is 0 Å². The fourth-order valence-electron chi connectivity index (χ4n) is 4.99. The van der Waals surface area contributed by atoms with Crippen molar-refractivity contribution in [2.75, 3.05) is 26.3 Å². The Morgan fingerprint density at radius 1 is 1.24 bits per heavy atom. The normalized spacial score (nSPS) is 17.8. The van der Waals surface area contributed by atoms with Crippen LogP contribution in [-0.4, -0.2) is 54.4 Å². The molecule has 2 aromatic carbocycles. The minimum atomic E-state index is -0.605. The molecule has 5 nitrogen and oxygen atoms in total. The van der Waals surface area contributed by atoms with E-state index in [-0.39, 0.29) is 24.5 Å². The first kappa shape index (κ1) is 29.0. The number of aliphatic hydroxyl groups is 1. The van der Waals surface area contributed by atoms with Crippen LogP contribution in [0.1, 0.15) is 73.5 Å². The van der Waals surface area contributed by atoms with Crippen LogP contribution in [0.25, 0.3) is 6.08 Å². The average Bonchev–Trinajstić information content (AvgIpc) is 3.29. The Balaban J connectivity index is 1.53. The largest absolute Gasteiger partial charge is 0.466 e. The summed E-state index contributed by atoms with van der Waals surface area (Å²) < 4.78 is 25.1. The summed E-state index contributed by atoms with van der Waals surface area (Å²) in [5, 5.41) is 10.8. The number of aryl methyl sites for hydroxylation is 2. The van der Waals surface area contributed by atoms with E-state index in [0.29, 0.717) is 37.6 Å². The Bertz CT molecular complexity index is 1050. The maximum Gasteiger partial charge on any atom is 0.306 e. The molecule has 37 heavy (non-hydrogen) atoms. The highest BCUT2D eigenvalue weighted by Gasteiger charge is 2.27. The summed E-state index contributed by atoms with van der Waals surface area (Å²) in [6.07, 6.45) is 7.15. The van der Waals surface area contributed by atoms with E-state index in [1.807, 2.05) is 50.3 Å². The predicted molar refractivity (Wildman–Crippen MR) is 146 cm³/mol. The predicted octanol–water partition coefficient (Wildman–Crippen LogP) is 5.94. The van der Waals surface area contributed by atoms with Crippen molar-refractivity contribution in [3.8, 4) is 0 Å². The lowest BCUT2D eigenvalue weighted by Crippen LogP contribution is -2.39. The van der Waals surface area contributed by atoms with E-state index >= 15 is 0 Å². The van der Waals surface area contributed by atoms with E-state index in [1.54, 1.807) is 13.0 Å². The zero-order chi connectivity index (χ0) is 26.8. The van der Waals surface area contributed by atoms with E-state index in [0.717, 1.165) is 48.1 Å². The number of halogens is 1. The van der Waals surface area contributed by atoms with Crippen LogP contribution in [-0.2, 0) is 20.7 Å². The van der Waals surface area contributed by atoms with Gasteiger partial charge < -0.3 is 14.6 Å². The lowest BCUT2D eigenvalue weighted by molar-refractivity contribution is -0.142. The molecule has 0 saturated carbocycles. The van der Waals surface area contributed by atoms with Gasteiger partial charge in [-0.25, -0.2) is 4.39 Å². The van der Waals surface area contributed by atoms with Gasteiger partial charge in [-0.05, 0) is 93.8 Å². The number of allylic oxidation sites excluding steroid dienone is 1. The maximum atomic E-state index is 14.0. The monoisotopic (exact) mass is 511 g/mol. The Labute approximate surface area is 221 Å². The lowest BCUT2D eigenvalue weighted by Gasteiger charge is -2.28. The molecule has 1 saturated heterocycles. The lowest BCUT2D eigenvalue weighted by atomic mass is 9.97. The number of hydrogen-bond donors (Lipinski definition) is 1. The number of hydrogen-bond acceptors (Lipinski definition) is 5. The highest BCUT2D eigenvalue weighted by Crippen LogP contribution is 2.26. The van der Waals surface area contributed by atoms with Crippen LogP contribution in [0.4, 0.5) is 4.39 Å². The van der Waals surface area contributed by atoms with Crippen LogP contribution in [0.5, 0.6) is 0 Å². The Morgan fingerprint density at radius 3 is 2.81 bits per heavy atom. The summed E-state index contributed by atoms with van der Waals surface area (Å²) >= 11 is 0. The molecule has 1 fully saturated rings. The number of benzene rings is 2. The van der Waals surface area contributed by atoms with Crippen molar-refractivity contribution in [2.24, 2.45) is 0 Å². The number of aliphatic hydroxyl groups excluding tert-OH is 1. The minimum Gasteiger partial charge on any atom is -0.466 e. The van der Waals surface area contributed by atoms with Crippen molar-refractivity contribution < 1.29 is 23.8 Å². The highest BCUT2D eigenvalue weighted by molar-refractivity contribution is 5.69. The van der Waals surface area contributed by atoms with Crippen molar-refractivity contribution in [1.29, 1.82) is 0 Å². The van der Waals surface area contributed by atoms with Gasteiger partial charge in [0.05, 0.1) is 25.4 Å². The van der Waals surface area contributed by atoms with Gasteiger partial charge in [-0.15, -0.1) is 0 Å². The van der Waals surface area contributed by atoms with E-state index in [9.17, 15) is 14.3 Å². The molecule has 3 rings (SSSR count). The first-order valence-corrected chi connectivity index (χ1v) is 13.5. The number of carbonyl (C=O) groups is 1. The van der Waals surface area contributed by atoms with Crippen molar-refractivity contribution in [3.63, 3.8) is 0 Å². The van der Waals surface area contributed by atoms with Gasteiger partial charge in [0, 0.05) is 19.0 Å². The van der Waals surface area contributed by atoms with Crippen LogP contribution in [0.15, 0.2) is 42.5 Å². The molecule has 0 aliphatic carbocycles. The van der Waals surface area contributed by atoms with Gasteiger partial charge in [-0.3, -0.25) is 9.69 Å². The van der Waals surface area contributed by atoms with Crippen molar-refractivity contribution in [3.05, 3.63) is 76.1 Å². The van der Waals surface area contributed by atoms with E-state index in [2.05, 4.69) is 17.9 Å². The molecule has 0 spiro atoms. The molecule has 1 aliphatic rings. The molecule has 0 radical (unpaired) electrons. The molecule has 0 aromatic heterocycles. The summed E-state index contributed by atoms with van der Waals surface area (Å²) in [5.74, 6) is -0.344. The molecule has 2 aromatic rings. The number of rotatable bonds is 13.